The molecule has 1 aliphatic rings. The van der Waals surface area contributed by atoms with Crippen molar-refractivity contribution >= 4 is 22.8 Å². The molecule has 0 amide bonds. The molecule has 23 heavy (non-hydrogen) atoms. The Morgan fingerprint density at radius 3 is 2.78 bits per heavy atom. The molecule has 124 valence electrons. The van der Waals surface area contributed by atoms with Crippen LogP contribution in [-0.2, 0) is 4.74 Å². The van der Waals surface area contributed by atoms with Gasteiger partial charge in [-0.05, 0) is 6.92 Å². The number of carbonyl (C=O) groups is 1. The van der Waals surface area contributed by atoms with E-state index in [-0.39, 0.29) is 22.4 Å². The van der Waals surface area contributed by atoms with Crippen molar-refractivity contribution in [2.24, 2.45) is 0 Å². The highest BCUT2D eigenvalue weighted by molar-refractivity contribution is 6.06. The van der Waals surface area contributed by atoms with E-state index >= 15 is 0 Å². The van der Waals surface area contributed by atoms with Crippen LogP contribution in [0, 0.1) is 0 Å². The van der Waals surface area contributed by atoms with E-state index in [0.29, 0.717) is 0 Å². The van der Waals surface area contributed by atoms with Crippen LogP contribution in [0.5, 0.6) is 0 Å². The molecule has 0 radical (unpaired) electrons. The van der Waals surface area contributed by atoms with E-state index in [1.165, 1.54) is 17.7 Å². The number of carboxylic acid groups (broad SMARTS) is 1. The van der Waals surface area contributed by atoms with Crippen LogP contribution in [-0.4, -0.2) is 65.3 Å². The van der Waals surface area contributed by atoms with Crippen LogP contribution < -0.4 is 5.73 Å². The van der Waals surface area contributed by atoms with Crippen molar-refractivity contribution in [3.63, 3.8) is 0 Å². The molecule has 1 aliphatic heterocycles. The Kier molecular flexibility index (Phi) is 3.48. The number of ether oxygens (including phenoxy) is 1. The molecule has 2 aromatic rings. The first kappa shape index (κ1) is 15.6. The van der Waals surface area contributed by atoms with Gasteiger partial charge in [-0.1, -0.05) is 0 Å². The summed E-state index contributed by atoms with van der Waals surface area (Å²) in [5.41, 5.74) is 3.96. The summed E-state index contributed by atoms with van der Waals surface area (Å²) in [7, 11) is 0. The minimum Gasteiger partial charge on any atom is -0.478 e. The molecule has 1 fully saturated rings. The molecule has 0 aromatic carbocycles. The highest BCUT2D eigenvalue weighted by Crippen LogP contribution is 2.40. The molecule has 4 atom stereocenters. The lowest BCUT2D eigenvalue weighted by atomic mass is 9.96. The fraction of sp³-hybridized carbons (Fsp3) is 0.462. The Morgan fingerprint density at radius 1 is 1.52 bits per heavy atom. The molecule has 10 heteroatoms. The van der Waals surface area contributed by atoms with Crippen LogP contribution in [0.15, 0.2) is 12.5 Å². The van der Waals surface area contributed by atoms with Crippen molar-refractivity contribution in [1.29, 1.82) is 0 Å². The molecule has 0 aliphatic carbocycles. The van der Waals surface area contributed by atoms with Gasteiger partial charge in [0, 0.05) is 6.20 Å². The summed E-state index contributed by atoms with van der Waals surface area (Å²) in [5, 5.41) is 39.3. The Hall–Kier alpha value is -2.27. The lowest BCUT2D eigenvalue weighted by molar-refractivity contribution is -0.0948. The largest absolute Gasteiger partial charge is 0.478 e. The summed E-state index contributed by atoms with van der Waals surface area (Å²) in [4.78, 5) is 19.2. The number of aliphatic hydroxyl groups is 3. The highest BCUT2D eigenvalue weighted by atomic mass is 16.6. The maximum absolute atomic E-state index is 11.4. The fourth-order valence-electron chi connectivity index (χ4n) is 2.84. The number of nitrogen functional groups attached to an aromatic ring is 1. The quantitative estimate of drug-likeness (QED) is 0.462. The number of carboxylic acids is 1. The van der Waals surface area contributed by atoms with Crippen molar-refractivity contribution in [1.82, 2.24) is 14.5 Å². The maximum atomic E-state index is 11.4. The smallest absolute Gasteiger partial charge is 0.338 e. The number of aliphatic hydroxyl groups excluding tert-OH is 2. The predicted octanol–water partition coefficient (Wildman–Crippen LogP) is -1.29. The lowest BCUT2D eigenvalue weighted by Gasteiger charge is -2.27. The van der Waals surface area contributed by atoms with Gasteiger partial charge in [0.05, 0.1) is 17.6 Å². The summed E-state index contributed by atoms with van der Waals surface area (Å²) in [5.74, 6) is -1.27. The summed E-state index contributed by atoms with van der Waals surface area (Å²) in [6.07, 6.45) is -1.16. The molecule has 6 N–H and O–H groups in total. The van der Waals surface area contributed by atoms with Gasteiger partial charge in [0.1, 0.15) is 35.6 Å². The molecule has 10 nitrogen and oxygen atoms in total. The number of aromatic nitrogens is 3. The van der Waals surface area contributed by atoms with E-state index in [2.05, 4.69) is 9.97 Å². The summed E-state index contributed by atoms with van der Waals surface area (Å²) in [6.45, 7) is 0.824. The Morgan fingerprint density at radius 2 is 2.22 bits per heavy atom. The number of fused-ring (bicyclic) bond motifs is 1. The van der Waals surface area contributed by atoms with Gasteiger partial charge >= 0.3 is 5.97 Å². The van der Waals surface area contributed by atoms with E-state index < -0.39 is 36.6 Å². The molecular formula is C13H16N4O6. The van der Waals surface area contributed by atoms with E-state index in [9.17, 15) is 25.2 Å². The van der Waals surface area contributed by atoms with E-state index in [1.807, 2.05) is 0 Å². The number of nitrogens with zero attached hydrogens (tertiary/aromatic N) is 3. The molecular weight excluding hydrogens is 308 g/mol. The Labute approximate surface area is 129 Å². The fourth-order valence-corrected chi connectivity index (χ4v) is 2.84. The van der Waals surface area contributed by atoms with Gasteiger partial charge in [-0.15, -0.1) is 0 Å². The normalized spacial score (nSPS) is 30.9. The standard InChI is InChI=1S/C13H16N4O6/c1-13(22)8(19)6(3-18)23-12(13)17-2-5(11(20)21)7-9(14)15-4-16-10(7)17/h2,4,6,8,12,18-19,22H,3H2,1H3,(H,20,21)(H2,14,15,16)/t6?,8-,12?,13?/m1/s1. The number of anilines is 1. The van der Waals surface area contributed by atoms with Crippen molar-refractivity contribution in [2.75, 3.05) is 12.3 Å². The molecule has 1 saturated heterocycles. The maximum Gasteiger partial charge on any atom is 0.338 e. The minimum atomic E-state index is -1.77. The van der Waals surface area contributed by atoms with Gasteiger partial charge in [-0.25, -0.2) is 14.8 Å². The third-order valence-electron chi connectivity index (χ3n) is 4.06. The zero-order valence-electron chi connectivity index (χ0n) is 12.1. The first-order chi connectivity index (χ1) is 10.8. The van der Waals surface area contributed by atoms with Gasteiger partial charge in [0.2, 0.25) is 0 Å². The van der Waals surface area contributed by atoms with Crippen LogP contribution in [0.3, 0.4) is 0 Å². The monoisotopic (exact) mass is 324 g/mol. The van der Waals surface area contributed by atoms with Crippen molar-refractivity contribution < 1.29 is 30.0 Å². The van der Waals surface area contributed by atoms with Gasteiger partial charge in [0.15, 0.2) is 6.23 Å². The summed E-state index contributed by atoms with van der Waals surface area (Å²) < 4.78 is 6.76. The molecule has 0 saturated carbocycles. The molecule has 0 spiro atoms. The van der Waals surface area contributed by atoms with Crippen LogP contribution in [0.1, 0.15) is 23.5 Å². The average molecular weight is 324 g/mol. The molecule has 3 heterocycles. The first-order valence-corrected chi connectivity index (χ1v) is 6.80. The summed E-state index contributed by atoms with van der Waals surface area (Å²) in [6, 6.07) is 0. The Bertz CT molecular complexity index is 773. The third kappa shape index (κ3) is 2.15. The Balaban J connectivity index is 2.21. The average Bonchev–Trinajstić information content (AvgIpc) is 2.97. The number of hydrogen-bond donors (Lipinski definition) is 5. The second-order valence-corrected chi connectivity index (χ2v) is 5.59. The minimum absolute atomic E-state index is 0.0250. The number of hydrogen-bond acceptors (Lipinski definition) is 8. The highest BCUT2D eigenvalue weighted by Gasteiger charge is 2.53. The van der Waals surface area contributed by atoms with Crippen LogP contribution in [0.2, 0.25) is 0 Å². The van der Waals surface area contributed by atoms with Crippen LogP contribution >= 0.6 is 0 Å². The SMILES string of the molecule is CC1(O)C(n2cc(C(=O)O)c3c(N)ncnc32)OC(CO)[C@H]1O. The van der Waals surface area contributed by atoms with Gasteiger partial charge in [-0.2, -0.15) is 0 Å². The first-order valence-electron chi connectivity index (χ1n) is 6.80. The van der Waals surface area contributed by atoms with Gasteiger partial charge in [0.25, 0.3) is 0 Å². The third-order valence-corrected chi connectivity index (χ3v) is 4.06. The second kappa shape index (κ2) is 5.13. The van der Waals surface area contributed by atoms with Gasteiger partial charge < -0.3 is 35.5 Å². The zero-order valence-corrected chi connectivity index (χ0v) is 12.1. The van der Waals surface area contributed by atoms with Crippen molar-refractivity contribution in [2.45, 2.75) is 31.0 Å². The number of nitrogens with two attached hydrogens (primary N) is 1. The summed E-state index contributed by atoms with van der Waals surface area (Å²) >= 11 is 0. The lowest BCUT2D eigenvalue weighted by Crippen LogP contribution is -2.44. The van der Waals surface area contributed by atoms with E-state index in [4.69, 9.17) is 10.5 Å². The molecule has 2 aromatic heterocycles. The molecule has 3 unspecified atom stereocenters. The number of rotatable bonds is 3. The number of aromatic carboxylic acids is 1. The van der Waals surface area contributed by atoms with Crippen LogP contribution in [0.4, 0.5) is 5.82 Å². The zero-order chi connectivity index (χ0) is 16.9. The van der Waals surface area contributed by atoms with E-state index in [1.54, 1.807) is 0 Å². The van der Waals surface area contributed by atoms with Crippen molar-refractivity contribution in [3.05, 3.63) is 18.1 Å². The molecule has 0 bridgehead atoms. The van der Waals surface area contributed by atoms with Crippen LogP contribution in [0.25, 0.3) is 11.0 Å². The molecule has 3 rings (SSSR count). The van der Waals surface area contributed by atoms with Crippen molar-refractivity contribution in [3.8, 4) is 0 Å². The second-order valence-electron chi connectivity index (χ2n) is 5.59. The van der Waals surface area contributed by atoms with E-state index in [0.717, 1.165) is 6.33 Å². The topological polar surface area (TPSA) is 164 Å². The van der Waals surface area contributed by atoms with Gasteiger partial charge in [-0.3, -0.25) is 0 Å². The predicted molar refractivity (Wildman–Crippen MR) is 76.5 cm³/mol.